The van der Waals surface area contributed by atoms with Gasteiger partial charge in [0.2, 0.25) is 0 Å². The van der Waals surface area contributed by atoms with Crippen molar-refractivity contribution in [1.82, 2.24) is 9.55 Å². The molecule has 90 valence electrons. The summed E-state index contributed by atoms with van der Waals surface area (Å²) in [6.45, 7) is 5.20. The van der Waals surface area contributed by atoms with Crippen molar-refractivity contribution in [1.29, 1.82) is 0 Å². The number of halogens is 1. The van der Waals surface area contributed by atoms with Crippen LogP contribution in [0.3, 0.4) is 0 Å². The predicted octanol–water partition coefficient (Wildman–Crippen LogP) is 2.68. The van der Waals surface area contributed by atoms with Crippen LogP contribution in [0.5, 0.6) is 0 Å². The molecular formula is C13H15FN2O. The van der Waals surface area contributed by atoms with E-state index in [0.717, 1.165) is 11.5 Å². The quantitative estimate of drug-likeness (QED) is 0.867. The third-order valence-corrected chi connectivity index (χ3v) is 2.84. The highest BCUT2D eigenvalue weighted by Crippen LogP contribution is 2.25. The summed E-state index contributed by atoms with van der Waals surface area (Å²) < 4.78 is 15.4. The summed E-state index contributed by atoms with van der Waals surface area (Å²) in [5, 5.41) is 9.71. The number of aryl methyl sites for hydroxylation is 2. The minimum absolute atomic E-state index is 0.303. The van der Waals surface area contributed by atoms with Crippen LogP contribution in [0.1, 0.15) is 30.0 Å². The number of hydrogen-bond acceptors (Lipinski definition) is 2. The van der Waals surface area contributed by atoms with Gasteiger partial charge in [0, 0.05) is 18.0 Å². The van der Waals surface area contributed by atoms with Gasteiger partial charge in [-0.25, -0.2) is 9.37 Å². The van der Waals surface area contributed by atoms with E-state index in [9.17, 15) is 9.50 Å². The van der Waals surface area contributed by atoms with Gasteiger partial charge in [0.15, 0.2) is 0 Å². The summed E-state index contributed by atoms with van der Waals surface area (Å²) in [4.78, 5) is 4.13. The van der Waals surface area contributed by atoms with Crippen molar-refractivity contribution in [2.75, 3.05) is 0 Å². The monoisotopic (exact) mass is 234 g/mol. The smallest absolute Gasteiger partial charge is 0.126 e. The number of benzene rings is 1. The molecule has 1 aromatic heterocycles. The van der Waals surface area contributed by atoms with Gasteiger partial charge in [0.05, 0.1) is 11.8 Å². The molecule has 1 heterocycles. The van der Waals surface area contributed by atoms with E-state index in [-0.39, 0.29) is 5.82 Å². The molecule has 0 fully saturated rings. The Bertz CT molecular complexity index is 546. The first-order chi connectivity index (χ1) is 8.00. The topological polar surface area (TPSA) is 38.0 Å². The van der Waals surface area contributed by atoms with E-state index >= 15 is 0 Å². The van der Waals surface area contributed by atoms with E-state index < -0.39 is 6.10 Å². The maximum Gasteiger partial charge on any atom is 0.126 e. The lowest BCUT2D eigenvalue weighted by Crippen LogP contribution is -2.05. The van der Waals surface area contributed by atoms with Crippen molar-refractivity contribution in [3.05, 3.63) is 47.3 Å². The Morgan fingerprint density at radius 3 is 2.59 bits per heavy atom. The lowest BCUT2D eigenvalue weighted by atomic mass is 10.0. The van der Waals surface area contributed by atoms with Crippen LogP contribution >= 0.6 is 0 Å². The van der Waals surface area contributed by atoms with Crippen molar-refractivity contribution in [2.24, 2.45) is 0 Å². The van der Waals surface area contributed by atoms with E-state index in [1.54, 1.807) is 32.3 Å². The van der Waals surface area contributed by atoms with Gasteiger partial charge in [0.1, 0.15) is 11.6 Å². The van der Waals surface area contributed by atoms with Crippen LogP contribution in [-0.2, 0) is 0 Å². The van der Waals surface area contributed by atoms with Crippen molar-refractivity contribution in [3.8, 4) is 5.69 Å². The molecule has 1 N–H and O–H groups in total. The summed E-state index contributed by atoms with van der Waals surface area (Å²) >= 11 is 0. The van der Waals surface area contributed by atoms with E-state index in [1.807, 2.05) is 11.5 Å². The van der Waals surface area contributed by atoms with Crippen molar-refractivity contribution < 1.29 is 9.50 Å². The third-order valence-electron chi connectivity index (χ3n) is 2.84. The molecule has 0 unspecified atom stereocenters. The first-order valence-corrected chi connectivity index (χ1v) is 5.49. The molecule has 0 amide bonds. The maximum absolute atomic E-state index is 13.5. The lowest BCUT2D eigenvalue weighted by Gasteiger charge is -2.15. The largest absolute Gasteiger partial charge is 0.389 e. The second kappa shape index (κ2) is 4.30. The molecule has 0 aliphatic heterocycles. The molecule has 2 aromatic rings. The Morgan fingerprint density at radius 1 is 1.35 bits per heavy atom. The van der Waals surface area contributed by atoms with Crippen LogP contribution in [0.25, 0.3) is 5.69 Å². The van der Waals surface area contributed by atoms with Crippen molar-refractivity contribution >= 4 is 0 Å². The second-order valence-corrected chi connectivity index (χ2v) is 4.18. The Morgan fingerprint density at radius 2 is 2.06 bits per heavy atom. The standard InChI is InChI=1S/C13H15FN2O/c1-8-6-13(16-5-4-15-10(16)3)11(9(2)17)7-12(8)14/h4-7,9,17H,1-3H3/t9-/m1/s1. The first kappa shape index (κ1) is 11.8. The van der Waals surface area contributed by atoms with Crippen LogP contribution in [0.15, 0.2) is 24.5 Å². The molecule has 4 heteroatoms. The van der Waals surface area contributed by atoms with Gasteiger partial charge in [0.25, 0.3) is 0 Å². The number of nitrogens with zero attached hydrogens (tertiary/aromatic N) is 2. The van der Waals surface area contributed by atoms with Crippen molar-refractivity contribution in [2.45, 2.75) is 26.9 Å². The van der Waals surface area contributed by atoms with E-state index in [2.05, 4.69) is 4.98 Å². The fourth-order valence-corrected chi connectivity index (χ4v) is 1.86. The fourth-order valence-electron chi connectivity index (χ4n) is 1.86. The van der Waals surface area contributed by atoms with Crippen LogP contribution in [0.2, 0.25) is 0 Å². The zero-order chi connectivity index (χ0) is 12.6. The SMILES string of the molecule is Cc1cc(-n2ccnc2C)c([C@@H](C)O)cc1F. The molecular weight excluding hydrogens is 219 g/mol. The molecule has 0 aliphatic rings. The van der Waals surface area contributed by atoms with Gasteiger partial charge < -0.3 is 9.67 Å². The van der Waals surface area contributed by atoms with Crippen LogP contribution in [0.4, 0.5) is 4.39 Å². The third kappa shape index (κ3) is 2.08. The highest BCUT2D eigenvalue weighted by atomic mass is 19.1. The summed E-state index contributed by atoms with van der Waals surface area (Å²) in [5.74, 6) is 0.500. The minimum Gasteiger partial charge on any atom is -0.389 e. The molecule has 3 nitrogen and oxygen atoms in total. The van der Waals surface area contributed by atoms with E-state index in [4.69, 9.17) is 0 Å². The maximum atomic E-state index is 13.5. The predicted molar refractivity (Wildman–Crippen MR) is 63.6 cm³/mol. The zero-order valence-electron chi connectivity index (χ0n) is 10.1. The lowest BCUT2D eigenvalue weighted by molar-refractivity contribution is 0.198. The Hall–Kier alpha value is -1.68. The zero-order valence-corrected chi connectivity index (χ0v) is 10.1. The van der Waals surface area contributed by atoms with Gasteiger partial charge >= 0.3 is 0 Å². The molecule has 1 aromatic carbocycles. The summed E-state index contributed by atoms with van der Waals surface area (Å²) in [6, 6.07) is 3.11. The molecule has 0 radical (unpaired) electrons. The highest BCUT2D eigenvalue weighted by Gasteiger charge is 2.14. The minimum atomic E-state index is -0.720. The number of aliphatic hydroxyl groups is 1. The van der Waals surface area contributed by atoms with Crippen LogP contribution < -0.4 is 0 Å². The van der Waals surface area contributed by atoms with Crippen LogP contribution in [0, 0.1) is 19.7 Å². The average Bonchev–Trinajstić information content (AvgIpc) is 2.67. The normalized spacial score (nSPS) is 12.8. The van der Waals surface area contributed by atoms with Gasteiger partial charge in [-0.3, -0.25) is 0 Å². The number of aromatic nitrogens is 2. The van der Waals surface area contributed by atoms with Gasteiger partial charge in [-0.15, -0.1) is 0 Å². The second-order valence-electron chi connectivity index (χ2n) is 4.18. The summed E-state index contributed by atoms with van der Waals surface area (Å²) in [6.07, 6.45) is 2.76. The first-order valence-electron chi connectivity index (χ1n) is 5.49. The van der Waals surface area contributed by atoms with E-state index in [0.29, 0.717) is 11.1 Å². The molecule has 0 saturated heterocycles. The molecule has 2 rings (SSSR count). The summed E-state index contributed by atoms with van der Waals surface area (Å²) in [7, 11) is 0. The van der Waals surface area contributed by atoms with Gasteiger partial charge in [-0.05, 0) is 38.5 Å². The molecule has 1 atom stereocenters. The Labute approximate surface area is 99.5 Å². The average molecular weight is 234 g/mol. The molecule has 0 spiro atoms. The molecule has 0 saturated carbocycles. The Balaban J connectivity index is 2.68. The Kier molecular flexibility index (Phi) is 2.98. The molecule has 0 aliphatic carbocycles. The van der Waals surface area contributed by atoms with Gasteiger partial charge in [-0.1, -0.05) is 0 Å². The highest BCUT2D eigenvalue weighted by molar-refractivity contribution is 5.46. The molecule has 17 heavy (non-hydrogen) atoms. The van der Waals surface area contributed by atoms with Gasteiger partial charge in [-0.2, -0.15) is 0 Å². The summed E-state index contributed by atoms with van der Waals surface area (Å²) in [5.41, 5.74) is 1.89. The van der Waals surface area contributed by atoms with Crippen LogP contribution in [-0.4, -0.2) is 14.7 Å². The number of hydrogen-bond donors (Lipinski definition) is 1. The van der Waals surface area contributed by atoms with Crippen molar-refractivity contribution in [3.63, 3.8) is 0 Å². The number of aliphatic hydroxyl groups excluding tert-OH is 1. The number of rotatable bonds is 2. The molecule has 0 bridgehead atoms. The van der Waals surface area contributed by atoms with E-state index in [1.165, 1.54) is 6.07 Å². The number of imidazole rings is 1. The fraction of sp³-hybridized carbons (Fsp3) is 0.308.